The van der Waals surface area contributed by atoms with Crippen molar-refractivity contribution >= 4 is 5.91 Å². The molecule has 0 bridgehead atoms. The van der Waals surface area contributed by atoms with Gasteiger partial charge in [-0.2, -0.15) is 0 Å². The Labute approximate surface area is 136 Å². The molecule has 0 aliphatic carbocycles. The van der Waals surface area contributed by atoms with Crippen LogP contribution < -0.4 is 5.73 Å². The molecule has 1 heterocycles. The summed E-state index contributed by atoms with van der Waals surface area (Å²) in [7, 11) is 0. The number of nitrogens with two attached hydrogens (primary N) is 1. The van der Waals surface area contributed by atoms with Crippen molar-refractivity contribution in [1.29, 1.82) is 0 Å². The molecule has 0 aromatic carbocycles. The average Bonchev–Trinajstić information content (AvgIpc) is 2.56. The van der Waals surface area contributed by atoms with Gasteiger partial charge in [-0.15, -0.1) is 0 Å². The predicted molar refractivity (Wildman–Crippen MR) is 73.0 cm³/mol. The van der Waals surface area contributed by atoms with Crippen molar-refractivity contribution in [1.82, 2.24) is 0 Å². The quantitative estimate of drug-likeness (QED) is 0.205. The van der Waals surface area contributed by atoms with Crippen LogP contribution in [-0.4, -0.2) is 120 Å². The van der Waals surface area contributed by atoms with E-state index in [4.69, 9.17) is 20.7 Å². The van der Waals surface area contributed by atoms with Gasteiger partial charge in [0.1, 0.15) is 48.8 Å². The summed E-state index contributed by atoms with van der Waals surface area (Å²) in [5.74, 6) is -1.69. The second kappa shape index (κ2) is 7.97. The van der Waals surface area contributed by atoms with Crippen LogP contribution in [0.3, 0.4) is 0 Å². The fourth-order valence-electron chi connectivity index (χ4n) is 2.50. The maximum absolute atomic E-state index is 11.7. The molecule has 142 valence electrons. The number of amides is 1. The van der Waals surface area contributed by atoms with Crippen molar-refractivity contribution < 1.29 is 55.5 Å². The third-order valence-electron chi connectivity index (χ3n) is 4.08. The minimum absolute atomic E-state index is 0.881. The average molecular weight is 357 g/mol. The highest BCUT2D eigenvalue weighted by Crippen LogP contribution is 2.32. The number of rotatable bonds is 7. The highest BCUT2D eigenvalue weighted by molar-refractivity contribution is 5.85. The fourth-order valence-corrected chi connectivity index (χ4v) is 2.50. The zero-order valence-corrected chi connectivity index (χ0v) is 12.5. The van der Waals surface area contributed by atoms with Gasteiger partial charge in [-0.25, -0.2) is 0 Å². The molecule has 1 aliphatic heterocycles. The Hall–Kier alpha value is -0.930. The van der Waals surface area contributed by atoms with Gasteiger partial charge in [0, 0.05) is 0 Å². The summed E-state index contributed by atoms with van der Waals surface area (Å²) >= 11 is 0. The third kappa shape index (κ3) is 3.52. The van der Waals surface area contributed by atoms with Crippen LogP contribution >= 0.6 is 0 Å². The van der Waals surface area contributed by atoms with Gasteiger partial charge in [-0.05, 0) is 0 Å². The van der Waals surface area contributed by atoms with Crippen LogP contribution in [0.5, 0.6) is 0 Å². The fraction of sp³-hybridized carbons (Fsp3) is 0.917. The van der Waals surface area contributed by atoms with E-state index in [0.717, 1.165) is 0 Å². The SMILES string of the molecule is NC(=O)[C@](O)([C@@H](O)[C@H](O)[C@H](O)CO)[C@H]1O[C@H](CO)[C@@H](O)[C@H](O)[C@H]1O. The van der Waals surface area contributed by atoms with Crippen molar-refractivity contribution in [2.24, 2.45) is 5.73 Å². The first-order valence-electron chi connectivity index (χ1n) is 7.01. The molecule has 0 saturated carbocycles. The van der Waals surface area contributed by atoms with Gasteiger partial charge in [-0.1, -0.05) is 0 Å². The van der Waals surface area contributed by atoms with Crippen molar-refractivity contribution in [3.63, 3.8) is 0 Å². The van der Waals surface area contributed by atoms with Crippen LogP contribution in [0.15, 0.2) is 0 Å². The molecular formula is C12H23NO11. The molecule has 1 amide bonds. The largest absolute Gasteiger partial charge is 0.394 e. The van der Waals surface area contributed by atoms with Crippen molar-refractivity contribution in [2.45, 2.75) is 54.4 Å². The first kappa shape index (κ1) is 21.1. The van der Waals surface area contributed by atoms with Gasteiger partial charge < -0.3 is 56.4 Å². The minimum Gasteiger partial charge on any atom is -0.394 e. The van der Waals surface area contributed by atoms with Gasteiger partial charge >= 0.3 is 0 Å². The molecule has 0 aromatic rings. The summed E-state index contributed by atoms with van der Waals surface area (Å²) in [4.78, 5) is 11.7. The lowest BCUT2D eigenvalue weighted by Gasteiger charge is -2.47. The molecule has 12 heteroatoms. The van der Waals surface area contributed by atoms with E-state index in [1.807, 2.05) is 0 Å². The standard InChI is InChI=1S/C12H23NO11/c13-11(22)12(23,9(21)5(17)3(16)1-14)10-8(20)7(19)6(18)4(2-15)24-10/h3-10,14-21,23H,1-2H2,(H2,13,22)/t3-,4-,5-,6-,7+,8-,9+,10+,12+/m1/s1. The summed E-state index contributed by atoms with van der Waals surface area (Å²) in [5, 5.41) is 86.7. The molecule has 12 nitrogen and oxygen atoms in total. The number of aliphatic hydroxyl groups is 9. The Morgan fingerprint density at radius 2 is 1.62 bits per heavy atom. The molecule has 0 aromatic heterocycles. The molecule has 1 rings (SSSR count). The summed E-state index contributed by atoms with van der Waals surface area (Å²) < 4.78 is 4.97. The van der Waals surface area contributed by atoms with E-state index in [1.165, 1.54) is 0 Å². The maximum Gasteiger partial charge on any atom is 0.255 e. The van der Waals surface area contributed by atoms with Crippen LogP contribution in [0.4, 0.5) is 0 Å². The maximum atomic E-state index is 11.7. The summed E-state index contributed by atoms with van der Waals surface area (Å²) in [6.07, 6.45) is -16.4. The summed E-state index contributed by atoms with van der Waals surface area (Å²) in [5.41, 5.74) is 1.78. The first-order valence-corrected chi connectivity index (χ1v) is 7.01. The minimum atomic E-state index is -3.23. The van der Waals surface area contributed by atoms with E-state index in [0.29, 0.717) is 0 Å². The number of carbonyl (C=O) groups is 1. The second-order valence-corrected chi connectivity index (χ2v) is 5.62. The molecular weight excluding hydrogens is 334 g/mol. The summed E-state index contributed by atoms with van der Waals surface area (Å²) in [6, 6.07) is 0. The van der Waals surface area contributed by atoms with Crippen LogP contribution in [0.25, 0.3) is 0 Å². The zero-order valence-electron chi connectivity index (χ0n) is 12.5. The van der Waals surface area contributed by atoms with Gasteiger partial charge in [-0.3, -0.25) is 4.79 Å². The molecule has 24 heavy (non-hydrogen) atoms. The van der Waals surface area contributed by atoms with E-state index in [9.17, 15) is 40.5 Å². The Morgan fingerprint density at radius 3 is 2.04 bits per heavy atom. The van der Waals surface area contributed by atoms with E-state index in [1.54, 1.807) is 0 Å². The molecule has 11 N–H and O–H groups in total. The Bertz CT molecular complexity index is 435. The lowest BCUT2D eigenvalue weighted by molar-refractivity contribution is -0.286. The van der Waals surface area contributed by atoms with Gasteiger partial charge in [0.2, 0.25) is 5.60 Å². The van der Waals surface area contributed by atoms with Gasteiger partial charge in [0.25, 0.3) is 5.91 Å². The molecule has 0 spiro atoms. The van der Waals surface area contributed by atoms with Crippen LogP contribution in [0.1, 0.15) is 0 Å². The molecule has 0 unspecified atom stereocenters. The van der Waals surface area contributed by atoms with E-state index in [-0.39, 0.29) is 0 Å². The molecule has 1 saturated heterocycles. The highest BCUT2D eigenvalue weighted by atomic mass is 16.6. The lowest BCUT2D eigenvalue weighted by atomic mass is 9.78. The smallest absolute Gasteiger partial charge is 0.255 e. The monoisotopic (exact) mass is 357 g/mol. The van der Waals surface area contributed by atoms with Crippen LogP contribution in [0.2, 0.25) is 0 Å². The van der Waals surface area contributed by atoms with Crippen LogP contribution in [-0.2, 0) is 9.53 Å². The Morgan fingerprint density at radius 1 is 1.08 bits per heavy atom. The molecule has 1 aliphatic rings. The van der Waals surface area contributed by atoms with Crippen molar-refractivity contribution in [3.8, 4) is 0 Å². The topological polar surface area (TPSA) is 234 Å². The summed E-state index contributed by atoms with van der Waals surface area (Å²) in [6.45, 7) is -1.92. The number of primary amides is 1. The van der Waals surface area contributed by atoms with Crippen molar-refractivity contribution in [3.05, 3.63) is 0 Å². The molecule has 1 fully saturated rings. The normalized spacial score (nSPS) is 37.3. The Balaban J connectivity index is 3.24. The zero-order chi connectivity index (χ0) is 18.8. The van der Waals surface area contributed by atoms with Crippen LogP contribution in [0, 0.1) is 0 Å². The number of hydrogen-bond donors (Lipinski definition) is 10. The van der Waals surface area contributed by atoms with Gasteiger partial charge in [0.05, 0.1) is 13.2 Å². The van der Waals surface area contributed by atoms with E-state index < -0.39 is 73.6 Å². The predicted octanol–water partition coefficient (Wildman–Crippen LogP) is -6.88. The number of carbonyl (C=O) groups excluding carboxylic acids is 1. The third-order valence-corrected chi connectivity index (χ3v) is 4.08. The van der Waals surface area contributed by atoms with Crippen molar-refractivity contribution in [2.75, 3.05) is 13.2 Å². The van der Waals surface area contributed by atoms with E-state index >= 15 is 0 Å². The number of aliphatic hydroxyl groups excluding tert-OH is 8. The lowest BCUT2D eigenvalue weighted by Crippen LogP contribution is -2.73. The van der Waals surface area contributed by atoms with Gasteiger partial charge in [0.15, 0.2) is 0 Å². The second-order valence-electron chi connectivity index (χ2n) is 5.62. The van der Waals surface area contributed by atoms with E-state index in [2.05, 4.69) is 0 Å². The molecule has 0 radical (unpaired) electrons. The number of ether oxygens (including phenoxy) is 1. The molecule has 9 atom stereocenters. The first-order chi connectivity index (χ1) is 11.0. The number of hydrogen-bond acceptors (Lipinski definition) is 11. The Kier molecular flexibility index (Phi) is 7.01. The highest BCUT2D eigenvalue weighted by Gasteiger charge is 2.60.